The fourth-order valence-electron chi connectivity index (χ4n) is 3.96. The summed E-state index contributed by atoms with van der Waals surface area (Å²) in [5, 5.41) is 2.75. The number of rotatable bonds is 5. The Balaban J connectivity index is 1.48. The van der Waals surface area contributed by atoms with Gasteiger partial charge in [-0.15, -0.1) is 0 Å². The normalized spacial score (nSPS) is 20.4. The number of amides is 3. The quantitative estimate of drug-likeness (QED) is 0.811. The highest BCUT2D eigenvalue weighted by molar-refractivity contribution is 5.92. The van der Waals surface area contributed by atoms with Crippen LogP contribution < -0.4 is 5.32 Å². The number of nitrogens with one attached hydrogen (secondary N) is 1. The van der Waals surface area contributed by atoms with Crippen LogP contribution in [0.4, 0.5) is 10.1 Å². The summed E-state index contributed by atoms with van der Waals surface area (Å²) in [7, 11) is 0. The van der Waals surface area contributed by atoms with Gasteiger partial charge in [0.25, 0.3) is 0 Å². The Morgan fingerprint density at radius 3 is 2.38 bits per heavy atom. The molecule has 7 nitrogen and oxygen atoms in total. The molecule has 3 amide bonds. The van der Waals surface area contributed by atoms with E-state index >= 15 is 0 Å². The zero-order valence-electron chi connectivity index (χ0n) is 16.9. The van der Waals surface area contributed by atoms with E-state index in [1.807, 2.05) is 16.7 Å². The number of piperazine rings is 1. The highest BCUT2D eigenvalue weighted by atomic mass is 19.1. The van der Waals surface area contributed by atoms with Crippen molar-refractivity contribution >= 4 is 23.4 Å². The van der Waals surface area contributed by atoms with Crippen LogP contribution in [0.1, 0.15) is 32.6 Å². The summed E-state index contributed by atoms with van der Waals surface area (Å²) < 4.78 is 12.9. The molecule has 1 aromatic rings. The van der Waals surface area contributed by atoms with Gasteiger partial charge in [0, 0.05) is 44.8 Å². The number of carbonyl (C=O) groups excluding carboxylic acids is 3. The molecular weight excluding hydrogens is 375 g/mol. The molecule has 0 aromatic heterocycles. The summed E-state index contributed by atoms with van der Waals surface area (Å²) in [4.78, 5) is 42.9. The van der Waals surface area contributed by atoms with Crippen molar-refractivity contribution in [1.29, 1.82) is 0 Å². The van der Waals surface area contributed by atoms with Gasteiger partial charge in [0.1, 0.15) is 11.9 Å². The number of hydrogen-bond donors (Lipinski definition) is 1. The molecular formula is C21H29FN4O3. The first-order chi connectivity index (χ1) is 14.0. The third kappa shape index (κ3) is 5.53. The Morgan fingerprint density at radius 2 is 1.72 bits per heavy atom. The zero-order chi connectivity index (χ0) is 20.8. The van der Waals surface area contributed by atoms with Gasteiger partial charge in [0.15, 0.2) is 0 Å². The van der Waals surface area contributed by atoms with Gasteiger partial charge in [-0.3, -0.25) is 19.3 Å². The molecule has 0 spiro atoms. The maximum atomic E-state index is 13.0. The van der Waals surface area contributed by atoms with E-state index in [2.05, 4.69) is 5.32 Å². The summed E-state index contributed by atoms with van der Waals surface area (Å²) in [5.74, 6) is -0.439. The van der Waals surface area contributed by atoms with Crippen molar-refractivity contribution in [3.8, 4) is 0 Å². The minimum Gasteiger partial charge on any atom is -0.338 e. The molecule has 1 N–H and O–H groups in total. The van der Waals surface area contributed by atoms with E-state index in [4.69, 9.17) is 0 Å². The molecule has 0 bridgehead atoms. The third-order valence-electron chi connectivity index (χ3n) is 5.59. The van der Waals surface area contributed by atoms with Gasteiger partial charge in [0.05, 0.1) is 6.54 Å². The highest BCUT2D eigenvalue weighted by Crippen LogP contribution is 2.21. The summed E-state index contributed by atoms with van der Waals surface area (Å²) in [5.41, 5.74) is 0.559. The second kappa shape index (κ2) is 9.82. The minimum absolute atomic E-state index is 0.0295. The molecule has 158 valence electrons. The number of hydrogen-bond acceptors (Lipinski definition) is 4. The lowest BCUT2D eigenvalue weighted by Gasteiger charge is -2.40. The monoisotopic (exact) mass is 404 g/mol. The summed E-state index contributed by atoms with van der Waals surface area (Å²) in [6.07, 6.45) is 3.06. The van der Waals surface area contributed by atoms with Crippen LogP contribution in [-0.4, -0.2) is 77.7 Å². The molecule has 2 saturated heterocycles. The van der Waals surface area contributed by atoms with Gasteiger partial charge in [-0.25, -0.2) is 4.39 Å². The van der Waals surface area contributed by atoms with Crippen LogP contribution in [0.5, 0.6) is 0 Å². The van der Waals surface area contributed by atoms with Gasteiger partial charge < -0.3 is 15.1 Å². The number of likely N-dealkylation sites (tertiary alicyclic amines) is 1. The van der Waals surface area contributed by atoms with Crippen molar-refractivity contribution in [2.45, 2.75) is 38.6 Å². The molecule has 2 fully saturated rings. The van der Waals surface area contributed by atoms with Crippen molar-refractivity contribution in [3.63, 3.8) is 0 Å². The topological polar surface area (TPSA) is 73.0 Å². The summed E-state index contributed by atoms with van der Waals surface area (Å²) in [6, 6.07) is 5.31. The van der Waals surface area contributed by atoms with Crippen LogP contribution in [0.3, 0.4) is 0 Å². The zero-order valence-corrected chi connectivity index (χ0v) is 16.9. The van der Waals surface area contributed by atoms with Gasteiger partial charge in [0.2, 0.25) is 17.7 Å². The smallest absolute Gasteiger partial charge is 0.245 e. The van der Waals surface area contributed by atoms with E-state index in [0.29, 0.717) is 44.8 Å². The summed E-state index contributed by atoms with van der Waals surface area (Å²) >= 11 is 0. The van der Waals surface area contributed by atoms with Gasteiger partial charge >= 0.3 is 0 Å². The predicted octanol–water partition coefficient (Wildman–Crippen LogP) is 1.70. The average molecular weight is 404 g/mol. The van der Waals surface area contributed by atoms with Crippen molar-refractivity contribution in [3.05, 3.63) is 30.1 Å². The van der Waals surface area contributed by atoms with Crippen molar-refractivity contribution in [2.75, 3.05) is 44.6 Å². The fourth-order valence-corrected chi connectivity index (χ4v) is 3.96. The average Bonchev–Trinajstić information content (AvgIpc) is 2.75. The SMILES string of the molecule is CCC(=O)N1CCCC[C@@H]1C(=O)N1CCN(CC(=O)Nc2ccc(F)cc2)CC1. The first kappa shape index (κ1) is 21.2. The van der Waals surface area contributed by atoms with Crippen molar-refractivity contribution in [2.24, 2.45) is 0 Å². The van der Waals surface area contributed by atoms with Gasteiger partial charge in [-0.1, -0.05) is 6.92 Å². The second-order valence-electron chi connectivity index (χ2n) is 7.61. The number of carbonyl (C=O) groups is 3. The number of nitrogens with zero attached hydrogens (tertiary/aromatic N) is 3. The molecule has 0 radical (unpaired) electrons. The predicted molar refractivity (Wildman–Crippen MR) is 108 cm³/mol. The van der Waals surface area contributed by atoms with E-state index in [1.165, 1.54) is 24.3 Å². The molecule has 3 rings (SSSR count). The Labute approximate surface area is 170 Å². The molecule has 0 aliphatic carbocycles. The lowest BCUT2D eigenvalue weighted by atomic mass is 10.00. The van der Waals surface area contributed by atoms with E-state index in [0.717, 1.165) is 19.3 Å². The molecule has 8 heteroatoms. The molecule has 1 aromatic carbocycles. The lowest BCUT2D eigenvalue weighted by molar-refractivity contribution is -0.148. The first-order valence-corrected chi connectivity index (χ1v) is 10.3. The molecule has 0 unspecified atom stereocenters. The number of anilines is 1. The van der Waals surface area contributed by atoms with Crippen LogP contribution in [0.25, 0.3) is 0 Å². The molecule has 29 heavy (non-hydrogen) atoms. The van der Waals surface area contributed by atoms with Gasteiger partial charge in [-0.05, 0) is 43.5 Å². The maximum Gasteiger partial charge on any atom is 0.245 e. The molecule has 2 aliphatic heterocycles. The van der Waals surface area contributed by atoms with E-state index in [9.17, 15) is 18.8 Å². The number of benzene rings is 1. The van der Waals surface area contributed by atoms with Crippen LogP contribution >= 0.6 is 0 Å². The Bertz CT molecular complexity index is 732. The fraction of sp³-hybridized carbons (Fsp3) is 0.571. The Kier molecular flexibility index (Phi) is 7.19. The number of piperidine rings is 1. The number of halogens is 1. The van der Waals surface area contributed by atoms with Crippen molar-refractivity contribution in [1.82, 2.24) is 14.7 Å². The second-order valence-corrected chi connectivity index (χ2v) is 7.61. The molecule has 2 heterocycles. The maximum absolute atomic E-state index is 13.0. The Morgan fingerprint density at radius 1 is 1.03 bits per heavy atom. The first-order valence-electron chi connectivity index (χ1n) is 10.3. The third-order valence-corrected chi connectivity index (χ3v) is 5.59. The molecule has 2 aliphatic rings. The lowest BCUT2D eigenvalue weighted by Crippen LogP contribution is -2.57. The largest absolute Gasteiger partial charge is 0.338 e. The molecule has 1 atom stereocenters. The Hall–Kier alpha value is -2.48. The van der Waals surface area contributed by atoms with Crippen LogP contribution in [0, 0.1) is 5.82 Å². The molecule has 0 saturated carbocycles. The van der Waals surface area contributed by atoms with Crippen LogP contribution in [-0.2, 0) is 14.4 Å². The minimum atomic E-state index is -0.346. The van der Waals surface area contributed by atoms with E-state index in [1.54, 1.807) is 4.90 Å². The standard InChI is InChI=1S/C21H29FN4O3/c1-2-20(28)26-10-4-3-5-18(26)21(29)25-13-11-24(12-14-25)15-19(27)23-17-8-6-16(22)7-9-17/h6-9,18H,2-5,10-15H2,1H3,(H,23,27)/t18-/m1/s1. The van der Waals surface area contributed by atoms with Crippen LogP contribution in [0.15, 0.2) is 24.3 Å². The van der Waals surface area contributed by atoms with Gasteiger partial charge in [-0.2, -0.15) is 0 Å². The van der Waals surface area contributed by atoms with Crippen LogP contribution in [0.2, 0.25) is 0 Å². The van der Waals surface area contributed by atoms with Crippen molar-refractivity contribution < 1.29 is 18.8 Å². The summed E-state index contributed by atoms with van der Waals surface area (Å²) in [6.45, 7) is 5.03. The highest BCUT2D eigenvalue weighted by Gasteiger charge is 2.35. The van der Waals surface area contributed by atoms with E-state index < -0.39 is 0 Å². The van der Waals surface area contributed by atoms with E-state index in [-0.39, 0.29) is 36.1 Å².